The summed E-state index contributed by atoms with van der Waals surface area (Å²) in [6.45, 7) is 0. The Kier molecular flexibility index (Phi) is 7.81. The van der Waals surface area contributed by atoms with Gasteiger partial charge in [-0.1, -0.05) is 158 Å². The van der Waals surface area contributed by atoms with Crippen LogP contribution in [-0.2, 0) is 0 Å². The summed E-state index contributed by atoms with van der Waals surface area (Å²) in [7, 11) is 0. The van der Waals surface area contributed by atoms with Crippen molar-refractivity contribution in [3.05, 3.63) is 206 Å². The molecule has 0 spiro atoms. The van der Waals surface area contributed by atoms with Crippen molar-refractivity contribution >= 4 is 49.9 Å². The normalized spacial score (nSPS) is 11.3. The number of nitrogens with zero attached hydrogens (tertiary/aromatic N) is 2. The number of pyridine rings is 1. The smallest absolute Gasteiger partial charge is 0.229 e. The van der Waals surface area contributed by atoms with Gasteiger partial charge in [-0.3, -0.25) is 0 Å². The SMILES string of the molecule is c1ccc(-c2cccc(N(c3ccc(-c4ccc(-c5ccccc5)cc4-c4ccccc4)cc3)c3ccnc4oc5c6ccccc6ccc5c34)c2)cc1. The van der Waals surface area contributed by atoms with Crippen molar-refractivity contribution in [2.24, 2.45) is 0 Å². The Morgan fingerprint density at radius 2 is 1.00 bits per heavy atom. The molecule has 10 rings (SSSR count). The topological polar surface area (TPSA) is 29.3 Å². The zero-order chi connectivity index (χ0) is 35.8. The molecule has 0 atom stereocenters. The van der Waals surface area contributed by atoms with Crippen molar-refractivity contribution < 1.29 is 4.42 Å². The van der Waals surface area contributed by atoms with E-state index in [1.54, 1.807) is 0 Å². The highest BCUT2D eigenvalue weighted by molar-refractivity contribution is 6.18. The number of aromatic nitrogens is 1. The molecule has 0 amide bonds. The third kappa shape index (κ3) is 5.60. The van der Waals surface area contributed by atoms with Crippen LogP contribution >= 0.6 is 0 Å². The van der Waals surface area contributed by atoms with E-state index in [1.807, 2.05) is 6.20 Å². The molecule has 54 heavy (non-hydrogen) atoms. The summed E-state index contributed by atoms with van der Waals surface area (Å²) in [5, 5.41) is 4.24. The molecule has 10 aromatic rings. The second-order valence-electron chi connectivity index (χ2n) is 13.6. The zero-order valence-corrected chi connectivity index (χ0v) is 29.4. The van der Waals surface area contributed by atoms with E-state index in [2.05, 4.69) is 205 Å². The maximum atomic E-state index is 6.56. The van der Waals surface area contributed by atoms with Crippen LogP contribution in [0.4, 0.5) is 17.1 Å². The minimum atomic E-state index is 0.616. The lowest BCUT2D eigenvalue weighted by Gasteiger charge is -2.27. The quantitative estimate of drug-likeness (QED) is 0.167. The maximum Gasteiger partial charge on any atom is 0.229 e. The van der Waals surface area contributed by atoms with Crippen LogP contribution in [0.5, 0.6) is 0 Å². The van der Waals surface area contributed by atoms with Crippen molar-refractivity contribution in [2.75, 3.05) is 4.90 Å². The molecule has 0 unspecified atom stereocenters. The fraction of sp³-hybridized carbons (Fsp3) is 0. The predicted molar refractivity (Wildman–Crippen MR) is 225 cm³/mol. The van der Waals surface area contributed by atoms with Crippen LogP contribution in [0.1, 0.15) is 0 Å². The summed E-state index contributed by atoms with van der Waals surface area (Å²) in [4.78, 5) is 7.08. The lowest BCUT2D eigenvalue weighted by atomic mass is 9.91. The summed E-state index contributed by atoms with van der Waals surface area (Å²) < 4.78 is 6.56. The molecule has 0 radical (unpaired) electrons. The summed E-state index contributed by atoms with van der Waals surface area (Å²) >= 11 is 0. The van der Waals surface area contributed by atoms with E-state index >= 15 is 0 Å². The second-order valence-corrected chi connectivity index (χ2v) is 13.6. The van der Waals surface area contributed by atoms with Crippen molar-refractivity contribution in [3.63, 3.8) is 0 Å². The van der Waals surface area contributed by atoms with E-state index in [1.165, 1.54) is 33.4 Å². The molecule has 0 bridgehead atoms. The average molecular weight is 691 g/mol. The standard InChI is InChI=1S/C51H34N2O/c1-4-13-35(14-5-1)40-20-12-21-43(33-40)53(48-31-32-52-51-49(48)46-30-25-38-19-10-11-22-45(38)50(46)54-51)42-27-23-39(24-28-42)44-29-26-41(36-15-6-2-7-16-36)34-47(44)37-17-8-3-9-18-37/h1-34H. The summed E-state index contributed by atoms with van der Waals surface area (Å²) in [6.07, 6.45) is 1.85. The van der Waals surface area contributed by atoms with Gasteiger partial charge in [0, 0.05) is 28.3 Å². The van der Waals surface area contributed by atoms with E-state index in [0.717, 1.165) is 55.3 Å². The molecule has 0 saturated heterocycles. The highest BCUT2D eigenvalue weighted by Crippen LogP contribution is 2.45. The molecule has 2 heterocycles. The van der Waals surface area contributed by atoms with Crippen molar-refractivity contribution in [1.82, 2.24) is 4.98 Å². The Bertz CT molecular complexity index is 2920. The number of hydrogen-bond acceptors (Lipinski definition) is 3. The van der Waals surface area contributed by atoms with Gasteiger partial charge < -0.3 is 9.32 Å². The van der Waals surface area contributed by atoms with Crippen LogP contribution in [0.3, 0.4) is 0 Å². The van der Waals surface area contributed by atoms with E-state index < -0.39 is 0 Å². The first kappa shape index (κ1) is 31.5. The van der Waals surface area contributed by atoms with Gasteiger partial charge >= 0.3 is 0 Å². The fourth-order valence-electron chi connectivity index (χ4n) is 7.73. The Morgan fingerprint density at radius 3 is 1.74 bits per heavy atom. The van der Waals surface area contributed by atoms with Gasteiger partial charge in [-0.15, -0.1) is 0 Å². The number of hydrogen-bond donors (Lipinski definition) is 0. The minimum absolute atomic E-state index is 0.616. The molecule has 0 aliphatic heterocycles. The first-order chi connectivity index (χ1) is 26.8. The van der Waals surface area contributed by atoms with Crippen molar-refractivity contribution in [3.8, 4) is 44.5 Å². The van der Waals surface area contributed by atoms with Crippen LogP contribution in [0.25, 0.3) is 77.3 Å². The van der Waals surface area contributed by atoms with Gasteiger partial charge in [0.25, 0.3) is 0 Å². The Labute approximate surface area is 314 Å². The van der Waals surface area contributed by atoms with Gasteiger partial charge in [-0.25, -0.2) is 4.98 Å². The Balaban J connectivity index is 1.15. The van der Waals surface area contributed by atoms with Crippen LogP contribution in [0.15, 0.2) is 211 Å². The van der Waals surface area contributed by atoms with Crippen LogP contribution < -0.4 is 4.90 Å². The molecule has 0 aliphatic carbocycles. The van der Waals surface area contributed by atoms with Gasteiger partial charge in [0.15, 0.2) is 0 Å². The van der Waals surface area contributed by atoms with Crippen LogP contribution in [-0.4, -0.2) is 4.98 Å². The molecule has 8 aromatic carbocycles. The maximum absolute atomic E-state index is 6.56. The number of benzene rings is 8. The molecule has 2 aromatic heterocycles. The number of anilines is 3. The van der Waals surface area contributed by atoms with Crippen LogP contribution in [0.2, 0.25) is 0 Å². The summed E-state index contributed by atoms with van der Waals surface area (Å²) in [6, 6.07) is 71.1. The summed E-state index contributed by atoms with van der Waals surface area (Å²) in [5.74, 6) is 0. The predicted octanol–water partition coefficient (Wildman–Crippen LogP) is 14.3. The van der Waals surface area contributed by atoms with Gasteiger partial charge in [0.1, 0.15) is 5.58 Å². The molecule has 0 saturated carbocycles. The number of fused-ring (bicyclic) bond motifs is 5. The highest BCUT2D eigenvalue weighted by Gasteiger charge is 2.22. The largest absolute Gasteiger partial charge is 0.437 e. The third-order valence-electron chi connectivity index (χ3n) is 10.3. The van der Waals surface area contributed by atoms with Gasteiger partial charge in [-0.05, 0) is 92.4 Å². The molecule has 254 valence electrons. The average Bonchev–Trinajstić information content (AvgIpc) is 3.65. The van der Waals surface area contributed by atoms with Gasteiger partial charge in [-0.2, -0.15) is 0 Å². The number of furan rings is 1. The molecular formula is C51H34N2O. The molecule has 0 fully saturated rings. The van der Waals surface area contributed by atoms with Crippen molar-refractivity contribution in [2.45, 2.75) is 0 Å². The van der Waals surface area contributed by atoms with Crippen molar-refractivity contribution in [1.29, 1.82) is 0 Å². The molecule has 3 heteroatoms. The molecule has 0 N–H and O–H groups in total. The van der Waals surface area contributed by atoms with Gasteiger partial charge in [0.2, 0.25) is 5.71 Å². The zero-order valence-electron chi connectivity index (χ0n) is 29.4. The first-order valence-electron chi connectivity index (χ1n) is 18.3. The summed E-state index contributed by atoms with van der Waals surface area (Å²) in [5.41, 5.74) is 14.0. The monoisotopic (exact) mass is 690 g/mol. The second kappa shape index (κ2) is 13.4. The lowest BCUT2D eigenvalue weighted by molar-refractivity contribution is 0.657. The minimum Gasteiger partial charge on any atom is -0.437 e. The first-order valence-corrected chi connectivity index (χ1v) is 18.3. The fourth-order valence-corrected chi connectivity index (χ4v) is 7.73. The van der Waals surface area contributed by atoms with E-state index in [0.29, 0.717) is 5.71 Å². The lowest BCUT2D eigenvalue weighted by Crippen LogP contribution is -2.10. The Morgan fingerprint density at radius 1 is 0.389 bits per heavy atom. The Hall–Kier alpha value is -7.23. The van der Waals surface area contributed by atoms with E-state index in [9.17, 15) is 0 Å². The van der Waals surface area contributed by atoms with E-state index in [4.69, 9.17) is 9.40 Å². The number of rotatable bonds is 7. The molecular weight excluding hydrogens is 657 g/mol. The molecule has 3 nitrogen and oxygen atoms in total. The highest BCUT2D eigenvalue weighted by atomic mass is 16.3. The third-order valence-corrected chi connectivity index (χ3v) is 10.3. The van der Waals surface area contributed by atoms with Crippen LogP contribution in [0, 0.1) is 0 Å². The van der Waals surface area contributed by atoms with E-state index in [-0.39, 0.29) is 0 Å². The van der Waals surface area contributed by atoms with Gasteiger partial charge in [0.05, 0.1) is 11.1 Å². The molecule has 0 aliphatic rings.